The highest BCUT2D eigenvalue weighted by atomic mass is 127. The maximum Gasteiger partial charge on any atom is 0.208 e. The molecule has 1 atom stereocenters. The van der Waals surface area contributed by atoms with Crippen LogP contribution in [0, 0.1) is 19.8 Å². The fraction of sp³-hybridized carbons (Fsp3) is 0.826. The fourth-order valence-electron chi connectivity index (χ4n) is 4.06. The number of ether oxygens (including phenoxy) is 2. The van der Waals surface area contributed by atoms with E-state index in [4.69, 9.17) is 18.9 Å². The van der Waals surface area contributed by atoms with Crippen LogP contribution in [-0.4, -0.2) is 74.5 Å². The Balaban J connectivity index is 0.00000363. The molecule has 0 bridgehead atoms. The van der Waals surface area contributed by atoms with Gasteiger partial charge in [0.2, 0.25) is 5.89 Å². The maximum absolute atomic E-state index is 5.73. The predicted octanol–water partition coefficient (Wildman–Crippen LogP) is 3.26. The smallest absolute Gasteiger partial charge is 0.208 e. The molecule has 9 heteroatoms. The summed E-state index contributed by atoms with van der Waals surface area (Å²) in [6.45, 7) is 14.0. The van der Waals surface area contributed by atoms with Crippen molar-refractivity contribution in [2.75, 3.05) is 52.5 Å². The molecule has 0 aliphatic carbocycles. The standard InChI is InChI=1S/C23H41N5O3.HI/c1-4-24-23(25-10-6-13-29-17-21-7-5-14-30-21)26-15-20-8-11-28(12-9-20)16-22-27-18(2)19(3)31-22;/h20-21H,4-17H2,1-3H3,(H2,24,25,26);1H. The molecule has 0 spiro atoms. The summed E-state index contributed by atoms with van der Waals surface area (Å²) in [6, 6.07) is 0. The number of hydrogen-bond acceptors (Lipinski definition) is 6. The SMILES string of the molecule is CCNC(=NCC1CCN(Cc2nc(C)c(C)o2)CC1)NCCCOCC1CCCO1.I. The minimum atomic E-state index is 0. The number of nitrogens with zero attached hydrogens (tertiary/aromatic N) is 3. The molecule has 32 heavy (non-hydrogen) atoms. The van der Waals surface area contributed by atoms with Gasteiger partial charge in [-0.1, -0.05) is 0 Å². The van der Waals surface area contributed by atoms with E-state index in [1.165, 1.54) is 12.8 Å². The number of guanidine groups is 1. The van der Waals surface area contributed by atoms with Crippen LogP contribution >= 0.6 is 24.0 Å². The Bertz CT molecular complexity index is 651. The second-order valence-corrected chi connectivity index (χ2v) is 8.68. The molecule has 0 radical (unpaired) electrons. The Morgan fingerprint density at radius 1 is 1.22 bits per heavy atom. The quantitative estimate of drug-likeness (QED) is 0.185. The number of oxazole rings is 1. The van der Waals surface area contributed by atoms with Crippen LogP contribution in [-0.2, 0) is 16.0 Å². The van der Waals surface area contributed by atoms with Crippen molar-refractivity contribution < 1.29 is 13.9 Å². The average molecular weight is 564 g/mol. The van der Waals surface area contributed by atoms with Gasteiger partial charge in [-0.3, -0.25) is 9.89 Å². The molecule has 2 fully saturated rings. The Labute approximate surface area is 210 Å². The molecule has 8 nitrogen and oxygen atoms in total. The second-order valence-electron chi connectivity index (χ2n) is 8.68. The molecule has 2 aliphatic heterocycles. The van der Waals surface area contributed by atoms with Crippen LogP contribution in [0.3, 0.4) is 0 Å². The van der Waals surface area contributed by atoms with E-state index < -0.39 is 0 Å². The Morgan fingerprint density at radius 3 is 2.69 bits per heavy atom. The summed E-state index contributed by atoms with van der Waals surface area (Å²) < 4.78 is 17.0. The number of nitrogens with one attached hydrogen (secondary N) is 2. The molecule has 3 heterocycles. The Morgan fingerprint density at radius 2 is 2.03 bits per heavy atom. The predicted molar refractivity (Wildman–Crippen MR) is 138 cm³/mol. The molecular formula is C23H42IN5O3. The van der Waals surface area contributed by atoms with E-state index in [2.05, 4.69) is 27.4 Å². The van der Waals surface area contributed by atoms with E-state index in [-0.39, 0.29) is 24.0 Å². The van der Waals surface area contributed by atoms with Crippen LogP contribution in [0.15, 0.2) is 9.41 Å². The van der Waals surface area contributed by atoms with Crippen LogP contribution in [0.5, 0.6) is 0 Å². The molecule has 1 unspecified atom stereocenters. The maximum atomic E-state index is 5.73. The lowest BCUT2D eigenvalue weighted by molar-refractivity contribution is 0.0168. The second kappa shape index (κ2) is 15.1. The van der Waals surface area contributed by atoms with E-state index in [9.17, 15) is 0 Å². The molecule has 0 aromatic carbocycles. The van der Waals surface area contributed by atoms with Crippen LogP contribution in [0.2, 0.25) is 0 Å². The van der Waals surface area contributed by atoms with Gasteiger partial charge in [-0.15, -0.1) is 24.0 Å². The Hall–Kier alpha value is -0.910. The molecule has 0 amide bonds. The largest absolute Gasteiger partial charge is 0.444 e. The van der Waals surface area contributed by atoms with Crippen LogP contribution < -0.4 is 10.6 Å². The van der Waals surface area contributed by atoms with Crippen LogP contribution in [0.25, 0.3) is 0 Å². The number of rotatable bonds is 11. The number of halogens is 1. The summed E-state index contributed by atoms with van der Waals surface area (Å²) in [7, 11) is 0. The first-order chi connectivity index (χ1) is 15.1. The van der Waals surface area contributed by atoms with Gasteiger partial charge in [0.1, 0.15) is 5.76 Å². The monoisotopic (exact) mass is 563 g/mol. The molecule has 2 aliphatic rings. The van der Waals surface area contributed by atoms with Gasteiger partial charge in [-0.25, -0.2) is 4.98 Å². The zero-order valence-corrected chi connectivity index (χ0v) is 22.4. The highest BCUT2D eigenvalue weighted by molar-refractivity contribution is 14.0. The van der Waals surface area contributed by atoms with E-state index in [0.717, 1.165) is 102 Å². The lowest BCUT2D eigenvalue weighted by Crippen LogP contribution is -2.39. The minimum absolute atomic E-state index is 0. The van der Waals surface area contributed by atoms with Gasteiger partial charge in [0.05, 0.1) is 24.9 Å². The third-order valence-corrected chi connectivity index (χ3v) is 6.08. The third-order valence-electron chi connectivity index (χ3n) is 6.08. The zero-order valence-electron chi connectivity index (χ0n) is 20.0. The summed E-state index contributed by atoms with van der Waals surface area (Å²) in [6.07, 6.45) is 5.90. The van der Waals surface area contributed by atoms with Gasteiger partial charge in [0.25, 0.3) is 0 Å². The summed E-state index contributed by atoms with van der Waals surface area (Å²) >= 11 is 0. The normalized spacial score (nSPS) is 20.3. The van der Waals surface area contributed by atoms with Gasteiger partial charge in [0.15, 0.2) is 5.96 Å². The van der Waals surface area contributed by atoms with Crippen molar-refractivity contribution in [2.24, 2.45) is 10.9 Å². The van der Waals surface area contributed by atoms with E-state index >= 15 is 0 Å². The van der Waals surface area contributed by atoms with Crippen LogP contribution in [0.4, 0.5) is 0 Å². The van der Waals surface area contributed by atoms with Crippen molar-refractivity contribution in [1.82, 2.24) is 20.5 Å². The van der Waals surface area contributed by atoms with Gasteiger partial charge >= 0.3 is 0 Å². The zero-order chi connectivity index (χ0) is 21.9. The molecular weight excluding hydrogens is 521 g/mol. The van der Waals surface area contributed by atoms with Gasteiger partial charge in [-0.2, -0.15) is 0 Å². The van der Waals surface area contributed by atoms with Crippen molar-refractivity contribution in [3.05, 3.63) is 17.3 Å². The van der Waals surface area contributed by atoms with Crippen molar-refractivity contribution in [3.63, 3.8) is 0 Å². The molecule has 1 aromatic rings. The molecule has 1 aromatic heterocycles. The lowest BCUT2D eigenvalue weighted by Gasteiger charge is -2.30. The summed E-state index contributed by atoms with van der Waals surface area (Å²) in [5.74, 6) is 3.31. The first-order valence-corrected chi connectivity index (χ1v) is 12.0. The summed E-state index contributed by atoms with van der Waals surface area (Å²) in [5.41, 5.74) is 0.997. The number of likely N-dealkylation sites (tertiary alicyclic amines) is 1. The first-order valence-electron chi connectivity index (χ1n) is 12.0. The van der Waals surface area contributed by atoms with E-state index in [0.29, 0.717) is 12.0 Å². The topological polar surface area (TPSA) is 84.2 Å². The number of aryl methyl sites for hydroxylation is 2. The van der Waals surface area contributed by atoms with Crippen molar-refractivity contribution in [1.29, 1.82) is 0 Å². The fourth-order valence-corrected chi connectivity index (χ4v) is 4.06. The van der Waals surface area contributed by atoms with Gasteiger partial charge in [-0.05, 0) is 71.9 Å². The highest BCUT2D eigenvalue weighted by Gasteiger charge is 2.21. The van der Waals surface area contributed by atoms with Crippen LogP contribution in [0.1, 0.15) is 56.4 Å². The number of piperidine rings is 1. The lowest BCUT2D eigenvalue weighted by atomic mass is 9.97. The van der Waals surface area contributed by atoms with Crippen molar-refractivity contribution in [3.8, 4) is 0 Å². The first kappa shape index (κ1) is 27.3. The molecule has 2 saturated heterocycles. The summed E-state index contributed by atoms with van der Waals surface area (Å²) in [5, 5.41) is 6.79. The molecule has 3 rings (SSSR count). The molecule has 2 N–H and O–H groups in total. The number of hydrogen-bond donors (Lipinski definition) is 2. The van der Waals surface area contributed by atoms with E-state index in [1.807, 2.05) is 13.8 Å². The summed E-state index contributed by atoms with van der Waals surface area (Å²) in [4.78, 5) is 11.8. The number of aliphatic imine (C=N–C) groups is 1. The van der Waals surface area contributed by atoms with Crippen molar-refractivity contribution >= 4 is 29.9 Å². The third kappa shape index (κ3) is 9.52. The highest BCUT2D eigenvalue weighted by Crippen LogP contribution is 2.20. The van der Waals surface area contributed by atoms with E-state index in [1.54, 1.807) is 0 Å². The van der Waals surface area contributed by atoms with Gasteiger partial charge < -0.3 is 24.5 Å². The molecule has 184 valence electrons. The average Bonchev–Trinajstić information content (AvgIpc) is 3.39. The minimum Gasteiger partial charge on any atom is -0.444 e. The van der Waals surface area contributed by atoms with Gasteiger partial charge in [0, 0.05) is 32.8 Å². The molecule has 0 saturated carbocycles. The number of aromatic nitrogens is 1. The Kier molecular flexibility index (Phi) is 12.9. The van der Waals surface area contributed by atoms with Crippen molar-refractivity contribution in [2.45, 2.75) is 65.5 Å².